The highest BCUT2D eigenvalue weighted by Crippen LogP contribution is 2.03. The Hall–Kier alpha value is -0.860. The van der Waals surface area contributed by atoms with Crippen LogP contribution in [-0.4, -0.2) is 11.7 Å². The molecule has 0 aromatic heterocycles. The number of rotatable bonds is 5. The molecule has 0 radical (unpaired) electrons. The molecule has 2 nitrogen and oxygen atoms in total. The molecule has 0 heterocycles. The van der Waals surface area contributed by atoms with E-state index >= 15 is 0 Å². The van der Waals surface area contributed by atoms with Crippen molar-refractivity contribution in [3.63, 3.8) is 0 Å². The summed E-state index contributed by atoms with van der Waals surface area (Å²) in [7, 11) is 0. The van der Waals surface area contributed by atoms with Crippen molar-refractivity contribution >= 4 is 0 Å². The second kappa shape index (κ2) is 5.73. The largest absolute Gasteiger partial charge is 0.392 e. The highest BCUT2D eigenvalue weighted by molar-refractivity contribution is 5.21. The summed E-state index contributed by atoms with van der Waals surface area (Å²) in [5, 5.41) is 12.2. The van der Waals surface area contributed by atoms with Crippen molar-refractivity contribution in [2.24, 2.45) is 0 Å². The monoisotopic (exact) mass is 179 g/mol. The van der Waals surface area contributed by atoms with Gasteiger partial charge in [0.1, 0.15) is 0 Å². The van der Waals surface area contributed by atoms with Crippen molar-refractivity contribution in [2.75, 3.05) is 6.54 Å². The maximum atomic E-state index is 8.83. The zero-order valence-electron chi connectivity index (χ0n) is 8.09. The summed E-state index contributed by atoms with van der Waals surface area (Å²) in [5.41, 5.74) is 2.24. The second-order valence-electron chi connectivity index (χ2n) is 3.15. The Labute approximate surface area is 79.6 Å². The smallest absolute Gasteiger partial charge is 0.0681 e. The van der Waals surface area contributed by atoms with Crippen molar-refractivity contribution < 1.29 is 5.11 Å². The van der Waals surface area contributed by atoms with E-state index in [1.54, 1.807) is 0 Å². The van der Waals surface area contributed by atoms with Crippen molar-refractivity contribution in [3.05, 3.63) is 35.4 Å². The van der Waals surface area contributed by atoms with E-state index < -0.39 is 0 Å². The third-order valence-electron chi connectivity index (χ3n) is 1.96. The van der Waals surface area contributed by atoms with Gasteiger partial charge >= 0.3 is 0 Å². The highest BCUT2D eigenvalue weighted by atomic mass is 16.3. The molecule has 13 heavy (non-hydrogen) atoms. The van der Waals surface area contributed by atoms with Gasteiger partial charge in [-0.1, -0.05) is 31.2 Å². The lowest BCUT2D eigenvalue weighted by Gasteiger charge is -2.03. The van der Waals surface area contributed by atoms with Crippen LogP contribution in [0.1, 0.15) is 24.5 Å². The van der Waals surface area contributed by atoms with Crippen molar-refractivity contribution in [1.29, 1.82) is 0 Å². The average Bonchev–Trinajstić information content (AvgIpc) is 2.19. The van der Waals surface area contributed by atoms with E-state index in [1.807, 2.05) is 24.3 Å². The fraction of sp³-hybridized carbons (Fsp3) is 0.455. The Morgan fingerprint density at radius 1 is 1.15 bits per heavy atom. The van der Waals surface area contributed by atoms with Gasteiger partial charge in [0.25, 0.3) is 0 Å². The summed E-state index contributed by atoms with van der Waals surface area (Å²) < 4.78 is 0. The summed E-state index contributed by atoms with van der Waals surface area (Å²) in [5.74, 6) is 0. The molecule has 2 N–H and O–H groups in total. The molecule has 0 unspecified atom stereocenters. The minimum absolute atomic E-state index is 0.128. The molecule has 1 rings (SSSR count). The topological polar surface area (TPSA) is 32.3 Å². The predicted octanol–water partition coefficient (Wildman–Crippen LogP) is 1.68. The van der Waals surface area contributed by atoms with Crippen LogP contribution in [0.5, 0.6) is 0 Å². The van der Waals surface area contributed by atoms with E-state index in [9.17, 15) is 0 Å². The van der Waals surface area contributed by atoms with Gasteiger partial charge in [0.2, 0.25) is 0 Å². The van der Waals surface area contributed by atoms with Gasteiger partial charge in [0, 0.05) is 6.54 Å². The number of hydrogen-bond acceptors (Lipinski definition) is 2. The summed E-state index contributed by atoms with van der Waals surface area (Å²) in [4.78, 5) is 0. The van der Waals surface area contributed by atoms with E-state index in [0.717, 1.165) is 25.1 Å². The average molecular weight is 179 g/mol. The quantitative estimate of drug-likeness (QED) is 0.674. The summed E-state index contributed by atoms with van der Waals surface area (Å²) in [6.07, 6.45) is 1.16. The summed E-state index contributed by atoms with van der Waals surface area (Å²) in [6, 6.07) is 8.02. The molecule has 0 amide bonds. The number of nitrogens with one attached hydrogen (secondary N) is 1. The van der Waals surface area contributed by atoms with Crippen LogP contribution in [0.25, 0.3) is 0 Å². The van der Waals surface area contributed by atoms with Gasteiger partial charge in [-0.25, -0.2) is 0 Å². The maximum Gasteiger partial charge on any atom is 0.0681 e. The van der Waals surface area contributed by atoms with E-state index in [-0.39, 0.29) is 6.61 Å². The molecule has 0 bridgehead atoms. The molecular formula is C11H17NO. The number of aliphatic hydroxyl groups is 1. The number of aliphatic hydroxyl groups excluding tert-OH is 1. The Balaban J connectivity index is 2.40. The van der Waals surface area contributed by atoms with E-state index in [4.69, 9.17) is 5.11 Å². The first-order valence-electron chi connectivity index (χ1n) is 4.76. The van der Waals surface area contributed by atoms with Crippen LogP contribution < -0.4 is 5.32 Å². The molecule has 2 heteroatoms. The minimum atomic E-state index is 0.128. The van der Waals surface area contributed by atoms with E-state index in [1.165, 1.54) is 5.56 Å². The Kier molecular flexibility index (Phi) is 4.50. The van der Waals surface area contributed by atoms with Crippen LogP contribution in [0.3, 0.4) is 0 Å². The van der Waals surface area contributed by atoms with E-state index in [2.05, 4.69) is 12.2 Å². The highest BCUT2D eigenvalue weighted by Gasteiger charge is 1.92. The minimum Gasteiger partial charge on any atom is -0.392 e. The Morgan fingerprint density at radius 3 is 2.31 bits per heavy atom. The van der Waals surface area contributed by atoms with Gasteiger partial charge in [0.15, 0.2) is 0 Å². The Morgan fingerprint density at radius 2 is 1.77 bits per heavy atom. The first-order chi connectivity index (χ1) is 6.36. The van der Waals surface area contributed by atoms with Crippen LogP contribution >= 0.6 is 0 Å². The summed E-state index contributed by atoms with van der Waals surface area (Å²) >= 11 is 0. The molecule has 1 aromatic rings. The molecule has 0 aliphatic rings. The molecular weight excluding hydrogens is 162 g/mol. The molecule has 0 saturated carbocycles. The van der Waals surface area contributed by atoms with Gasteiger partial charge in [-0.3, -0.25) is 0 Å². The molecule has 0 aliphatic carbocycles. The number of benzene rings is 1. The first-order valence-corrected chi connectivity index (χ1v) is 4.76. The van der Waals surface area contributed by atoms with E-state index in [0.29, 0.717) is 0 Å². The molecule has 72 valence electrons. The SMILES string of the molecule is CCCNCc1ccc(CO)cc1. The lowest BCUT2D eigenvalue weighted by atomic mass is 10.1. The lowest BCUT2D eigenvalue weighted by Crippen LogP contribution is -2.13. The zero-order chi connectivity index (χ0) is 9.52. The van der Waals surface area contributed by atoms with Gasteiger partial charge in [-0.15, -0.1) is 0 Å². The third-order valence-corrected chi connectivity index (χ3v) is 1.96. The van der Waals surface area contributed by atoms with Crippen molar-refractivity contribution in [2.45, 2.75) is 26.5 Å². The maximum absolute atomic E-state index is 8.83. The van der Waals surface area contributed by atoms with Crippen molar-refractivity contribution in [1.82, 2.24) is 5.32 Å². The zero-order valence-corrected chi connectivity index (χ0v) is 8.09. The summed E-state index contributed by atoms with van der Waals surface area (Å²) in [6.45, 7) is 4.26. The molecule has 0 spiro atoms. The first kappa shape index (κ1) is 10.2. The standard InChI is InChI=1S/C11H17NO/c1-2-7-12-8-10-3-5-11(9-13)6-4-10/h3-6,12-13H,2,7-9H2,1H3. The Bertz CT molecular complexity index is 230. The lowest BCUT2D eigenvalue weighted by molar-refractivity contribution is 0.282. The van der Waals surface area contributed by atoms with Crippen LogP contribution in [0.15, 0.2) is 24.3 Å². The van der Waals surface area contributed by atoms with Crippen LogP contribution in [0, 0.1) is 0 Å². The molecule has 0 fully saturated rings. The van der Waals surface area contributed by atoms with Gasteiger partial charge in [0.05, 0.1) is 6.61 Å². The normalized spacial score (nSPS) is 10.3. The van der Waals surface area contributed by atoms with Crippen molar-refractivity contribution in [3.8, 4) is 0 Å². The molecule has 0 aliphatic heterocycles. The van der Waals surface area contributed by atoms with Crippen LogP contribution in [0.2, 0.25) is 0 Å². The van der Waals surface area contributed by atoms with Crippen LogP contribution in [-0.2, 0) is 13.2 Å². The van der Waals surface area contributed by atoms with Gasteiger partial charge in [-0.05, 0) is 24.1 Å². The van der Waals surface area contributed by atoms with Gasteiger partial charge in [-0.2, -0.15) is 0 Å². The third kappa shape index (κ3) is 3.57. The predicted molar refractivity (Wildman–Crippen MR) is 54.4 cm³/mol. The molecule has 0 atom stereocenters. The second-order valence-corrected chi connectivity index (χ2v) is 3.15. The van der Waals surface area contributed by atoms with Crippen LogP contribution in [0.4, 0.5) is 0 Å². The fourth-order valence-electron chi connectivity index (χ4n) is 1.17. The fourth-order valence-corrected chi connectivity index (χ4v) is 1.17. The van der Waals surface area contributed by atoms with Gasteiger partial charge < -0.3 is 10.4 Å². The molecule has 0 saturated heterocycles. The number of hydrogen-bond donors (Lipinski definition) is 2. The molecule has 1 aromatic carbocycles.